The van der Waals surface area contributed by atoms with Crippen molar-refractivity contribution in [2.45, 2.75) is 143 Å². The van der Waals surface area contributed by atoms with Crippen molar-refractivity contribution in [3.63, 3.8) is 0 Å². The minimum absolute atomic E-state index is 0.0882. The molecule has 0 aliphatic carbocycles. The summed E-state index contributed by atoms with van der Waals surface area (Å²) in [5.74, 6) is 1.90. The molecule has 0 aromatic heterocycles. The Morgan fingerprint density at radius 1 is 1.09 bits per heavy atom. The summed E-state index contributed by atoms with van der Waals surface area (Å²) in [5, 5.41) is 0. The van der Waals surface area contributed by atoms with Crippen molar-refractivity contribution >= 4 is 5.97 Å². The summed E-state index contributed by atoms with van der Waals surface area (Å²) in [6.45, 7) is 17.8. The molecule has 0 amide bonds. The average Bonchev–Trinajstić information content (AvgIpc) is 2.75. The lowest BCUT2D eigenvalue weighted by Gasteiger charge is -2.38. The van der Waals surface area contributed by atoms with E-state index in [2.05, 4.69) is 60.6 Å². The first-order chi connectivity index (χ1) is 16.0. The lowest BCUT2D eigenvalue weighted by atomic mass is 9.77. The molecule has 0 radical (unpaired) electrons. The minimum atomic E-state index is -0.573. The Kier molecular flexibility index (Phi) is 10.8. The lowest BCUT2D eigenvalue weighted by molar-refractivity contribution is -0.151. The Bertz CT molecular complexity index is 780. The van der Waals surface area contributed by atoms with E-state index < -0.39 is 6.10 Å². The van der Waals surface area contributed by atoms with E-state index in [0.29, 0.717) is 18.9 Å². The van der Waals surface area contributed by atoms with E-state index >= 15 is 0 Å². The molecule has 1 aliphatic rings. The maximum atomic E-state index is 12.8. The number of carbonyl (C=O) groups excluding carboxylic acids is 1. The first kappa shape index (κ1) is 28.5. The maximum Gasteiger partial charge on any atom is 0.347 e. The van der Waals surface area contributed by atoms with Crippen LogP contribution in [-0.4, -0.2) is 24.3 Å². The summed E-state index contributed by atoms with van der Waals surface area (Å²) in [4.78, 5) is 12.8. The van der Waals surface area contributed by atoms with Gasteiger partial charge in [-0.2, -0.15) is 0 Å². The van der Waals surface area contributed by atoms with Gasteiger partial charge in [0.1, 0.15) is 17.1 Å². The Morgan fingerprint density at radius 3 is 2.41 bits per heavy atom. The SMILES string of the molecule is CCCCCCC(Oc1cc2c(cc1C(C)(C)CCCCC)OC(C)(C)CC2C)C(=O)OCC. The number of rotatable bonds is 14. The molecule has 0 saturated heterocycles. The molecule has 1 aromatic carbocycles. The Labute approximate surface area is 209 Å². The third-order valence-electron chi connectivity index (χ3n) is 7.10. The second-order valence-corrected chi connectivity index (χ2v) is 11.4. The molecule has 1 aliphatic heterocycles. The number of hydrogen-bond acceptors (Lipinski definition) is 4. The van der Waals surface area contributed by atoms with Crippen molar-refractivity contribution < 1.29 is 19.0 Å². The highest BCUT2D eigenvalue weighted by atomic mass is 16.6. The summed E-state index contributed by atoms with van der Waals surface area (Å²) in [5.41, 5.74) is 2.03. The molecular formula is C30H50O4. The predicted molar refractivity (Wildman–Crippen MR) is 141 cm³/mol. The first-order valence-corrected chi connectivity index (χ1v) is 13.7. The smallest absolute Gasteiger partial charge is 0.347 e. The van der Waals surface area contributed by atoms with Gasteiger partial charge in [0, 0.05) is 11.1 Å². The van der Waals surface area contributed by atoms with Gasteiger partial charge < -0.3 is 14.2 Å². The highest BCUT2D eigenvalue weighted by Crippen LogP contribution is 2.47. The van der Waals surface area contributed by atoms with E-state index in [1.807, 2.05) is 6.92 Å². The summed E-state index contributed by atoms with van der Waals surface area (Å²) in [7, 11) is 0. The van der Waals surface area contributed by atoms with Gasteiger partial charge >= 0.3 is 5.97 Å². The second-order valence-electron chi connectivity index (χ2n) is 11.4. The second kappa shape index (κ2) is 12.8. The molecule has 0 saturated carbocycles. The van der Waals surface area contributed by atoms with Crippen LogP contribution in [0, 0.1) is 0 Å². The number of carbonyl (C=O) groups is 1. The molecule has 4 heteroatoms. The molecule has 194 valence electrons. The van der Waals surface area contributed by atoms with Gasteiger partial charge in [-0.25, -0.2) is 4.79 Å². The van der Waals surface area contributed by atoms with E-state index in [4.69, 9.17) is 14.2 Å². The molecule has 1 aromatic rings. The lowest BCUT2D eigenvalue weighted by Crippen LogP contribution is -2.35. The Balaban J connectivity index is 2.45. The highest BCUT2D eigenvalue weighted by molar-refractivity contribution is 5.75. The molecule has 34 heavy (non-hydrogen) atoms. The van der Waals surface area contributed by atoms with Crippen LogP contribution in [-0.2, 0) is 14.9 Å². The van der Waals surface area contributed by atoms with Crippen molar-refractivity contribution in [1.82, 2.24) is 0 Å². The average molecular weight is 475 g/mol. The van der Waals surface area contributed by atoms with Gasteiger partial charge in [-0.15, -0.1) is 0 Å². The van der Waals surface area contributed by atoms with Crippen molar-refractivity contribution in [2.24, 2.45) is 0 Å². The van der Waals surface area contributed by atoms with Crippen LogP contribution in [0.3, 0.4) is 0 Å². The molecule has 0 fully saturated rings. The highest BCUT2D eigenvalue weighted by Gasteiger charge is 2.35. The number of benzene rings is 1. The van der Waals surface area contributed by atoms with Crippen molar-refractivity contribution in [2.75, 3.05) is 6.61 Å². The van der Waals surface area contributed by atoms with Crippen molar-refractivity contribution in [3.05, 3.63) is 23.3 Å². The van der Waals surface area contributed by atoms with Gasteiger partial charge in [0.05, 0.1) is 6.61 Å². The molecule has 2 rings (SSSR count). The first-order valence-electron chi connectivity index (χ1n) is 13.7. The van der Waals surface area contributed by atoms with E-state index in [1.165, 1.54) is 37.7 Å². The van der Waals surface area contributed by atoms with Crippen molar-refractivity contribution in [1.29, 1.82) is 0 Å². The summed E-state index contributed by atoms with van der Waals surface area (Å²) >= 11 is 0. The molecule has 0 bridgehead atoms. The number of fused-ring (bicyclic) bond motifs is 1. The molecule has 0 spiro atoms. The Morgan fingerprint density at radius 2 is 1.76 bits per heavy atom. The number of ether oxygens (including phenoxy) is 3. The van der Waals surface area contributed by atoms with Crippen LogP contribution in [0.4, 0.5) is 0 Å². The third-order valence-corrected chi connectivity index (χ3v) is 7.10. The zero-order valence-electron chi connectivity index (χ0n) is 23.2. The fourth-order valence-electron chi connectivity index (χ4n) is 5.18. The van der Waals surface area contributed by atoms with E-state index in [-0.39, 0.29) is 17.0 Å². The maximum absolute atomic E-state index is 12.8. The fraction of sp³-hybridized carbons (Fsp3) is 0.767. The zero-order valence-corrected chi connectivity index (χ0v) is 23.2. The minimum Gasteiger partial charge on any atom is -0.488 e. The summed E-state index contributed by atoms with van der Waals surface area (Å²) in [6.07, 6.45) is 10.1. The monoisotopic (exact) mass is 474 g/mol. The molecular weight excluding hydrogens is 424 g/mol. The van der Waals surface area contributed by atoms with Gasteiger partial charge in [0.25, 0.3) is 0 Å². The van der Waals surface area contributed by atoms with Gasteiger partial charge in [0.15, 0.2) is 6.10 Å². The van der Waals surface area contributed by atoms with Crippen LogP contribution < -0.4 is 9.47 Å². The van der Waals surface area contributed by atoms with Crippen LogP contribution in [0.15, 0.2) is 12.1 Å². The summed E-state index contributed by atoms with van der Waals surface area (Å²) in [6, 6.07) is 4.36. The summed E-state index contributed by atoms with van der Waals surface area (Å²) < 4.78 is 18.4. The zero-order chi connectivity index (χ0) is 25.4. The van der Waals surface area contributed by atoms with Gasteiger partial charge in [-0.1, -0.05) is 73.1 Å². The molecule has 2 unspecified atom stereocenters. The van der Waals surface area contributed by atoms with Crippen LogP contribution >= 0.6 is 0 Å². The number of unbranched alkanes of at least 4 members (excludes halogenated alkanes) is 5. The van der Waals surface area contributed by atoms with E-state index in [1.54, 1.807) is 0 Å². The topological polar surface area (TPSA) is 44.8 Å². The number of hydrogen-bond donors (Lipinski definition) is 0. The number of esters is 1. The van der Waals surface area contributed by atoms with Gasteiger partial charge in [0.2, 0.25) is 0 Å². The van der Waals surface area contributed by atoms with Crippen LogP contribution in [0.2, 0.25) is 0 Å². The van der Waals surface area contributed by atoms with Crippen LogP contribution in [0.25, 0.3) is 0 Å². The molecule has 0 N–H and O–H groups in total. The molecule has 4 nitrogen and oxygen atoms in total. The predicted octanol–water partition coefficient (Wildman–Crippen LogP) is 8.49. The standard InChI is InChI=1S/C30H50O4/c1-9-12-14-15-17-25(28(31)32-11-3)33-27-19-23-22(4)21-30(7,8)34-26(23)20-24(27)29(5,6)18-16-13-10-2/h19-20,22,25H,9-18,21H2,1-8H3. The van der Waals surface area contributed by atoms with Crippen molar-refractivity contribution in [3.8, 4) is 11.5 Å². The quantitative estimate of drug-likeness (QED) is 0.200. The molecule has 2 atom stereocenters. The van der Waals surface area contributed by atoms with Crippen LogP contribution in [0.5, 0.6) is 11.5 Å². The van der Waals surface area contributed by atoms with Crippen LogP contribution in [0.1, 0.15) is 137 Å². The molecule has 1 heterocycles. The van der Waals surface area contributed by atoms with E-state index in [0.717, 1.165) is 42.7 Å². The third kappa shape index (κ3) is 7.92. The fourth-order valence-corrected chi connectivity index (χ4v) is 5.18. The Hall–Kier alpha value is -1.71. The van der Waals surface area contributed by atoms with E-state index in [9.17, 15) is 4.79 Å². The van der Waals surface area contributed by atoms with Gasteiger partial charge in [-0.3, -0.25) is 0 Å². The van der Waals surface area contributed by atoms with Gasteiger partial charge in [-0.05, 0) is 69.9 Å². The largest absolute Gasteiger partial charge is 0.488 e. The normalized spacial score (nSPS) is 18.1.